The van der Waals surface area contributed by atoms with Gasteiger partial charge in [-0.25, -0.2) is 9.78 Å². The number of amides is 1. The van der Waals surface area contributed by atoms with Crippen molar-refractivity contribution < 1.29 is 18.7 Å². The average Bonchev–Trinajstić information content (AvgIpc) is 3.11. The van der Waals surface area contributed by atoms with Crippen molar-refractivity contribution in [2.75, 3.05) is 7.11 Å². The number of nitrogens with one attached hydrogen (secondary N) is 1. The lowest BCUT2D eigenvalue weighted by Crippen LogP contribution is -2.24. The smallest absolute Gasteiger partial charge is 0.348 e. The third-order valence-corrected chi connectivity index (χ3v) is 4.80. The molecular formula is C17H16N2O4S. The van der Waals surface area contributed by atoms with Crippen LogP contribution in [0.4, 0.5) is 0 Å². The first-order valence-electron chi connectivity index (χ1n) is 7.32. The van der Waals surface area contributed by atoms with Crippen LogP contribution in [-0.4, -0.2) is 24.0 Å². The van der Waals surface area contributed by atoms with Crippen LogP contribution in [-0.2, 0) is 11.3 Å². The van der Waals surface area contributed by atoms with Gasteiger partial charge in [0.15, 0.2) is 5.89 Å². The number of benzene rings is 1. The molecular weight excluding hydrogens is 328 g/mol. The fraction of sp³-hybridized carbons (Fsp3) is 0.235. The van der Waals surface area contributed by atoms with Crippen molar-refractivity contribution in [1.29, 1.82) is 0 Å². The molecule has 2 aromatic heterocycles. The van der Waals surface area contributed by atoms with Crippen molar-refractivity contribution in [3.05, 3.63) is 52.1 Å². The molecule has 0 bridgehead atoms. The van der Waals surface area contributed by atoms with Crippen molar-refractivity contribution in [3.63, 3.8) is 0 Å². The molecule has 0 radical (unpaired) electrons. The molecule has 0 aliphatic rings. The third-order valence-electron chi connectivity index (χ3n) is 3.60. The number of hydrogen-bond donors (Lipinski definition) is 1. The molecule has 0 spiro atoms. The highest BCUT2D eigenvalue weighted by Gasteiger charge is 2.21. The summed E-state index contributed by atoms with van der Waals surface area (Å²) in [5.41, 5.74) is 1.28. The second kappa shape index (κ2) is 6.45. The molecule has 0 aliphatic heterocycles. The van der Waals surface area contributed by atoms with E-state index in [0.717, 1.165) is 15.6 Å². The first-order valence-corrected chi connectivity index (χ1v) is 8.14. The number of carbonyl (C=O) groups is 2. The number of esters is 1. The number of rotatable bonds is 4. The van der Waals surface area contributed by atoms with Crippen molar-refractivity contribution in [2.24, 2.45) is 0 Å². The maximum atomic E-state index is 12.3. The van der Waals surface area contributed by atoms with E-state index >= 15 is 0 Å². The maximum Gasteiger partial charge on any atom is 0.348 e. The van der Waals surface area contributed by atoms with Gasteiger partial charge in [-0.05, 0) is 18.4 Å². The third kappa shape index (κ3) is 2.90. The van der Waals surface area contributed by atoms with Crippen LogP contribution in [0, 0.1) is 13.8 Å². The van der Waals surface area contributed by atoms with Crippen molar-refractivity contribution in [1.82, 2.24) is 10.3 Å². The summed E-state index contributed by atoms with van der Waals surface area (Å²) in [6, 6.07) is 7.65. The zero-order chi connectivity index (χ0) is 17.3. The van der Waals surface area contributed by atoms with Gasteiger partial charge in [-0.3, -0.25) is 4.79 Å². The molecule has 0 fully saturated rings. The van der Waals surface area contributed by atoms with Crippen molar-refractivity contribution in [2.45, 2.75) is 20.4 Å². The highest BCUT2D eigenvalue weighted by atomic mass is 32.1. The van der Waals surface area contributed by atoms with E-state index in [2.05, 4.69) is 10.3 Å². The summed E-state index contributed by atoms with van der Waals surface area (Å²) in [5.74, 6) is -0.146. The Hall–Kier alpha value is -2.67. The number of ether oxygens (including phenoxy) is 1. The molecule has 24 heavy (non-hydrogen) atoms. The van der Waals surface area contributed by atoms with Gasteiger partial charge in [-0.1, -0.05) is 18.2 Å². The van der Waals surface area contributed by atoms with Gasteiger partial charge in [-0.15, -0.1) is 11.3 Å². The second-order valence-corrected chi connectivity index (χ2v) is 6.28. The summed E-state index contributed by atoms with van der Waals surface area (Å²) >= 11 is 1.35. The molecule has 0 saturated heterocycles. The number of aryl methyl sites for hydroxylation is 2. The maximum absolute atomic E-state index is 12.3. The molecule has 6 nitrogen and oxygen atoms in total. The summed E-state index contributed by atoms with van der Waals surface area (Å²) in [4.78, 5) is 28.9. The Morgan fingerprint density at radius 2 is 2.04 bits per heavy atom. The molecule has 0 atom stereocenters. The van der Waals surface area contributed by atoms with E-state index in [9.17, 15) is 9.59 Å². The van der Waals surface area contributed by atoms with E-state index in [0.29, 0.717) is 16.5 Å². The van der Waals surface area contributed by atoms with Gasteiger partial charge in [0.05, 0.1) is 12.8 Å². The Kier molecular flexibility index (Phi) is 4.35. The zero-order valence-corrected chi connectivity index (χ0v) is 14.3. The van der Waals surface area contributed by atoms with Crippen molar-refractivity contribution in [3.8, 4) is 0 Å². The molecule has 1 N–H and O–H groups in total. The van der Waals surface area contributed by atoms with Crippen molar-refractivity contribution >= 4 is 33.3 Å². The Morgan fingerprint density at radius 3 is 2.71 bits per heavy atom. The summed E-state index contributed by atoms with van der Waals surface area (Å²) in [6.45, 7) is 3.60. The van der Waals surface area contributed by atoms with E-state index in [4.69, 9.17) is 9.15 Å². The summed E-state index contributed by atoms with van der Waals surface area (Å²) in [6.07, 6.45) is 0. The monoisotopic (exact) mass is 344 g/mol. The lowest BCUT2D eigenvalue weighted by Gasteiger charge is -2.05. The quantitative estimate of drug-likeness (QED) is 0.735. The number of methoxy groups -OCH3 is 1. The van der Waals surface area contributed by atoms with E-state index in [1.54, 1.807) is 13.8 Å². The molecule has 1 aromatic carbocycles. The number of nitrogens with zero attached hydrogens (tertiary/aromatic N) is 1. The SMILES string of the molecule is COC(=O)c1sc2ccccc2c1CNC(=O)c1oc(C)nc1C. The van der Waals surface area contributed by atoms with E-state index < -0.39 is 5.97 Å². The Bertz CT molecular complexity index is 926. The molecule has 7 heteroatoms. The molecule has 3 rings (SSSR count). The number of aromatic nitrogens is 1. The number of thiophene rings is 1. The largest absolute Gasteiger partial charge is 0.465 e. The van der Waals surface area contributed by atoms with Crippen LogP contribution >= 0.6 is 11.3 Å². The highest BCUT2D eigenvalue weighted by molar-refractivity contribution is 7.21. The van der Waals surface area contributed by atoms with Gasteiger partial charge in [-0.2, -0.15) is 0 Å². The van der Waals surface area contributed by atoms with Crippen LogP contribution in [0.3, 0.4) is 0 Å². The Balaban J connectivity index is 1.90. The van der Waals surface area contributed by atoms with Gasteiger partial charge >= 0.3 is 5.97 Å². The topological polar surface area (TPSA) is 81.4 Å². The van der Waals surface area contributed by atoms with Crippen LogP contribution in [0.25, 0.3) is 10.1 Å². The molecule has 0 unspecified atom stereocenters. The standard InChI is InChI=1S/C17H16N2O4S/c1-9-14(23-10(2)19-9)16(20)18-8-12-11-6-4-5-7-13(11)24-15(12)17(21)22-3/h4-7H,8H2,1-3H3,(H,18,20). The Morgan fingerprint density at radius 1 is 1.29 bits per heavy atom. The number of carbonyl (C=O) groups excluding carboxylic acids is 2. The summed E-state index contributed by atoms with van der Waals surface area (Å²) in [5, 5.41) is 3.72. The van der Waals surface area contributed by atoms with Gasteiger partial charge < -0.3 is 14.5 Å². The fourth-order valence-corrected chi connectivity index (χ4v) is 3.66. The minimum Gasteiger partial charge on any atom is -0.465 e. The predicted octanol–water partition coefficient (Wildman–Crippen LogP) is 3.22. The minimum atomic E-state index is -0.410. The zero-order valence-electron chi connectivity index (χ0n) is 13.5. The van der Waals surface area contributed by atoms with Crippen LogP contribution in [0.2, 0.25) is 0 Å². The lowest BCUT2D eigenvalue weighted by molar-refractivity contribution is 0.0604. The lowest BCUT2D eigenvalue weighted by atomic mass is 10.1. The highest BCUT2D eigenvalue weighted by Crippen LogP contribution is 2.31. The Labute approximate surface area is 142 Å². The molecule has 3 aromatic rings. The van der Waals surface area contributed by atoms with Crippen LogP contribution in [0.15, 0.2) is 28.7 Å². The van der Waals surface area contributed by atoms with Crippen LogP contribution in [0.1, 0.15) is 37.4 Å². The van der Waals surface area contributed by atoms with Gasteiger partial charge in [0, 0.05) is 23.7 Å². The van der Waals surface area contributed by atoms with Gasteiger partial charge in [0.2, 0.25) is 5.76 Å². The second-order valence-electron chi connectivity index (χ2n) is 5.23. The number of hydrogen-bond acceptors (Lipinski definition) is 6. The molecule has 124 valence electrons. The first kappa shape index (κ1) is 16.2. The molecule has 0 saturated carbocycles. The molecule has 0 aliphatic carbocycles. The van der Waals surface area contributed by atoms with E-state index in [1.165, 1.54) is 18.4 Å². The van der Waals surface area contributed by atoms with E-state index in [1.807, 2.05) is 24.3 Å². The predicted molar refractivity (Wildman–Crippen MR) is 90.3 cm³/mol. The summed E-state index contributed by atoms with van der Waals surface area (Å²) in [7, 11) is 1.34. The fourth-order valence-electron chi connectivity index (χ4n) is 2.52. The van der Waals surface area contributed by atoms with E-state index in [-0.39, 0.29) is 18.2 Å². The van der Waals surface area contributed by atoms with Crippen LogP contribution in [0.5, 0.6) is 0 Å². The number of oxazole rings is 1. The van der Waals surface area contributed by atoms with Gasteiger partial charge in [0.1, 0.15) is 4.88 Å². The molecule has 2 heterocycles. The average molecular weight is 344 g/mol. The first-order chi connectivity index (χ1) is 11.5. The normalized spacial score (nSPS) is 10.8. The summed E-state index contributed by atoms with van der Waals surface area (Å²) < 4.78 is 11.1. The van der Waals surface area contributed by atoms with Gasteiger partial charge in [0.25, 0.3) is 5.91 Å². The molecule has 1 amide bonds. The number of fused-ring (bicyclic) bond motifs is 1. The van der Waals surface area contributed by atoms with Crippen LogP contribution < -0.4 is 5.32 Å². The minimum absolute atomic E-state index is 0.187.